The Morgan fingerprint density at radius 2 is 2.33 bits per heavy atom. The van der Waals surface area contributed by atoms with Crippen LogP contribution in [-0.4, -0.2) is 7.11 Å². The zero-order valence-electron chi connectivity index (χ0n) is 8.63. The SMILES string of the molecule is C=C/C(=C\C(=C)/C=C/CC#CSI)OC. The lowest BCUT2D eigenvalue weighted by molar-refractivity contribution is 0.307. The van der Waals surface area contributed by atoms with Crippen LogP contribution in [0.1, 0.15) is 6.42 Å². The summed E-state index contributed by atoms with van der Waals surface area (Å²) in [6, 6.07) is 0. The van der Waals surface area contributed by atoms with E-state index in [1.807, 2.05) is 18.2 Å². The fourth-order valence-corrected chi connectivity index (χ4v) is 1.38. The van der Waals surface area contributed by atoms with Gasteiger partial charge < -0.3 is 4.74 Å². The van der Waals surface area contributed by atoms with Crippen molar-refractivity contribution in [3.05, 3.63) is 48.8 Å². The summed E-state index contributed by atoms with van der Waals surface area (Å²) >= 11 is 2.14. The van der Waals surface area contributed by atoms with E-state index in [1.165, 1.54) is 8.93 Å². The highest BCUT2D eigenvalue weighted by Crippen LogP contribution is 2.07. The second-order valence-electron chi connectivity index (χ2n) is 2.49. The molecule has 0 aromatic carbocycles. The average molecular weight is 332 g/mol. The molecule has 0 bridgehead atoms. The van der Waals surface area contributed by atoms with Crippen LogP contribution >= 0.6 is 30.1 Å². The molecular formula is C12H13IOS. The molecule has 0 saturated carbocycles. The van der Waals surface area contributed by atoms with Gasteiger partial charge in [0.2, 0.25) is 0 Å². The van der Waals surface area contributed by atoms with Gasteiger partial charge in [0, 0.05) is 27.6 Å². The van der Waals surface area contributed by atoms with Crippen LogP contribution in [0, 0.1) is 11.2 Å². The molecule has 80 valence electrons. The number of allylic oxidation sites excluding steroid dienone is 5. The third kappa shape index (κ3) is 8.40. The second kappa shape index (κ2) is 9.94. The normalized spacial score (nSPS) is 10.7. The smallest absolute Gasteiger partial charge is 0.118 e. The Bertz CT molecular complexity index is 331. The van der Waals surface area contributed by atoms with E-state index in [9.17, 15) is 0 Å². The third-order valence-corrected chi connectivity index (χ3v) is 2.31. The van der Waals surface area contributed by atoms with Crippen molar-refractivity contribution in [2.45, 2.75) is 6.42 Å². The lowest BCUT2D eigenvalue weighted by Gasteiger charge is -1.98. The van der Waals surface area contributed by atoms with Gasteiger partial charge in [-0.3, -0.25) is 0 Å². The van der Waals surface area contributed by atoms with Crippen LogP contribution in [0.3, 0.4) is 0 Å². The maximum atomic E-state index is 5.03. The summed E-state index contributed by atoms with van der Waals surface area (Å²) < 4.78 is 5.03. The largest absolute Gasteiger partial charge is 0.497 e. The fraction of sp³-hybridized carbons (Fsp3) is 0.167. The topological polar surface area (TPSA) is 9.23 Å². The first-order valence-corrected chi connectivity index (χ1v) is 7.59. The van der Waals surface area contributed by atoms with Crippen LogP contribution in [0.4, 0.5) is 0 Å². The van der Waals surface area contributed by atoms with Crippen molar-refractivity contribution in [1.29, 1.82) is 0 Å². The van der Waals surface area contributed by atoms with E-state index < -0.39 is 0 Å². The molecule has 0 amide bonds. The first kappa shape index (κ1) is 14.4. The summed E-state index contributed by atoms with van der Waals surface area (Å²) in [5, 5.41) is 2.90. The van der Waals surface area contributed by atoms with Crippen molar-refractivity contribution in [2.24, 2.45) is 0 Å². The minimum Gasteiger partial charge on any atom is -0.497 e. The van der Waals surface area contributed by atoms with E-state index in [0.29, 0.717) is 5.76 Å². The Kier molecular flexibility index (Phi) is 9.54. The average Bonchev–Trinajstić information content (AvgIpc) is 2.25. The van der Waals surface area contributed by atoms with Crippen molar-refractivity contribution in [3.8, 4) is 11.2 Å². The molecule has 3 heteroatoms. The molecule has 0 unspecified atom stereocenters. The van der Waals surface area contributed by atoms with Crippen LogP contribution in [-0.2, 0) is 4.74 Å². The highest BCUT2D eigenvalue weighted by molar-refractivity contribution is 14.2. The summed E-state index contributed by atoms with van der Waals surface area (Å²) in [5.41, 5.74) is 0.871. The zero-order valence-corrected chi connectivity index (χ0v) is 11.6. The molecule has 0 radical (unpaired) electrons. The summed E-state index contributed by atoms with van der Waals surface area (Å²) in [7, 11) is 3.09. The van der Waals surface area contributed by atoms with Gasteiger partial charge in [-0.15, -0.1) is 0 Å². The van der Waals surface area contributed by atoms with E-state index in [2.05, 4.69) is 45.5 Å². The number of hydrogen-bond acceptors (Lipinski definition) is 2. The fourth-order valence-electron chi connectivity index (χ4n) is 0.770. The molecule has 0 aliphatic rings. The summed E-state index contributed by atoms with van der Waals surface area (Å²) in [6.45, 7) is 7.48. The Labute approximate surface area is 108 Å². The van der Waals surface area contributed by atoms with Crippen LogP contribution < -0.4 is 0 Å². The van der Waals surface area contributed by atoms with E-state index in [0.717, 1.165) is 12.0 Å². The molecule has 1 nitrogen and oxygen atoms in total. The molecule has 0 rings (SSSR count). The Balaban J connectivity index is 4.13. The molecule has 0 aliphatic carbocycles. The highest BCUT2D eigenvalue weighted by Gasteiger charge is 1.88. The number of ether oxygens (including phenoxy) is 1. The van der Waals surface area contributed by atoms with E-state index >= 15 is 0 Å². The lowest BCUT2D eigenvalue weighted by atomic mass is 10.2. The van der Waals surface area contributed by atoms with Crippen LogP contribution in [0.5, 0.6) is 0 Å². The number of hydrogen-bond donors (Lipinski definition) is 0. The monoisotopic (exact) mass is 332 g/mol. The van der Waals surface area contributed by atoms with Crippen molar-refractivity contribution in [3.63, 3.8) is 0 Å². The molecule has 0 aliphatic heterocycles. The minimum atomic E-state index is 0.707. The molecule has 0 N–H and O–H groups in total. The van der Waals surface area contributed by atoms with E-state index in [-0.39, 0.29) is 0 Å². The van der Waals surface area contributed by atoms with Crippen LogP contribution in [0.15, 0.2) is 48.8 Å². The van der Waals surface area contributed by atoms with Crippen molar-refractivity contribution in [2.75, 3.05) is 7.11 Å². The first-order chi connectivity index (χ1) is 7.24. The standard InChI is InChI=1S/C12H13IOS/c1-4-12(14-3)10-11(2)8-6-5-7-9-15-13/h4,6,8,10H,1-2,5H2,3H3/b8-6+,12-10+. The number of methoxy groups -OCH3 is 1. The third-order valence-electron chi connectivity index (χ3n) is 1.43. The Hall–Kier alpha value is -0.600. The molecule has 0 aromatic rings. The van der Waals surface area contributed by atoms with Crippen molar-refractivity contribution in [1.82, 2.24) is 0 Å². The summed E-state index contributed by atoms with van der Waals surface area (Å²) in [6.07, 6.45) is 8.08. The van der Waals surface area contributed by atoms with E-state index in [4.69, 9.17) is 4.74 Å². The minimum absolute atomic E-state index is 0.707. The predicted octanol–water partition coefficient (Wildman–Crippen LogP) is 4.25. The quantitative estimate of drug-likeness (QED) is 0.322. The Morgan fingerprint density at radius 3 is 2.87 bits per heavy atom. The molecule has 0 heterocycles. The number of rotatable bonds is 5. The van der Waals surface area contributed by atoms with Gasteiger partial charge in [-0.2, -0.15) is 0 Å². The van der Waals surface area contributed by atoms with Crippen molar-refractivity contribution >= 4 is 30.1 Å². The van der Waals surface area contributed by atoms with Gasteiger partial charge in [-0.25, -0.2) is 0 Å². The molecule has 0 atom stereocenters. The van der Waals surface area contributed by atoms with Gasteiger partial charge in [0.25, 0.3) is 0 Å². The summed E-state index contributed by atoms with van der Waals surface area (Å²) in [5.74, 6) is 3.68. The van der Waals surface area contributed by atoms with Gasteiger partial charge in [0.05, 0.1) is 7.11 Å². The molecule has 0 spiro atoms. The molecule has 15 heavy (non-hydrogen) atoms. The van der Waals surface area contributed by atoms with Gasteiger partial charge in [0.15, 0.2) is 0 Å². The zero-order chi connectivity index (χ0) is 11.5. The molecular weight excluding hydrogens is 319 g/mol. The van der Waals surface area contributed by atoms with E-state index in [1.54, 1.807) is 13.2 Å². The summed E-state index contributed by atoms with van der Waals surface area (Å²) in [4.78, 5) is 0. The maximum Gasteiger partial charge on any atom is 0.118 e. The van der Waals surface area contributed by atoms with Gasteiger partial charge in [-0.05, 0) is 31.9 Å². The first-order valence-electron chi connectivity index (χ1n) is 4.23. The lowest BCUT2D eigenvalue weighted by Crippen LogP contribution is -1.81. The van der Waals surface area contributed by atoms with Crippen molar-refractivity contribution < 1.29 is 4.74 Å². The molecule has 0 aromatic heterocycles. The second-order valence-corrected chi connectivity index (χ2v) is 4.17. The van der Waals surface area contributed by atoms with Crippen LogP contribution in [0.25, 0.3) is 0 Å². The highest BCUT2D eigenvalue weighted by atomic mass is 127. The maximum absolute atomic E-state index is 5.03. The Morgan fingerprint density at radius 1 is 1.60 bits per heavy atom. The van der Waals surface area contributed by atoms with Gasteiger partial charge in [0.1, 0.15) is 5.76 Å². The number of halogens is 1. The molecule has 0 saturated heterocycles. The van der Waals surface area contributed by atoms with Gasteiger partial charge in [-0.1, -0.05) is 31.2 Å². The molecule has 0 fully saturated rings. The van der Waals surface area contributed by atoms with Gasteiger partial charge >= 0.3 is 0 Å². The predicted molar refractivity (Wildman–Crippen MR) is 77.6 cm³/mol. The van der Waals surface area contributed by atoms with Crippen LogP contribution in [0.2, 0.25) is 0 Å².